The number of nitrogens with one attached hydrogen (secondary N) is 1. The molecule has 1 aromatic rings. The highest BCUT2D eigenvalue weighted by Crippen LogP contribution is 2.35. The lowest BCUT2D eigenvalue weighted by atomic mass is 9.94. The number of nitrogens with two attached hydrogens (primary N) is 1. The maximum atomic E-state index is 5.76. The first-order chi connectivity index (χ1) is 11.1. The van der Waals surface area contributed by atoms with Gasteiger partial charge in [0.1, 0.15) is 0 Å². The summed E-state index contributed by atoms with van der Waals surface area (Å²) in [5, 5.41) is 3.76. The Balaban J connectivity index is 2.04. The Kier molecular flexibility index (Phi) is 5.08. The number of aromatic nitrogens is 1. The molecule has 3 N–H and O–H groups in total. The molecule has 0 amide bonds. The van der Waals surface area contributed by atoms with Gasteiger partial charge in [-0.2, -0.15) is 0 Å². The summed E-state index contributed by atoms with van der Waals surface area (Å²) in [5.41, 5.74) is 13.0. The van der Waals surface area contributed by atoms with Gasteiger partial charge in [0.2, 0.25) is 0 Å². The standard InChI is InChI=1S/C20H31N3/c1-14-7-4-5-8-18-19(16(3)22-17-9-10-17)13-23(12-6-11-21)20(18)15(14)2/h5,8,13,16-17,22H,4,6-7,9-12,21H2,1-3H3/b8-5-,15-14+. The van der Waals surface area contributed by atoms with E-state index in [0.717, 1.165) is 38.4 Å². The monoisotopic (exact) mass is 313 g/mol. The molecule has 0 aliphatic heterocycles. The fraction of sp³-hybridized carbons (Fsp3) is 0.600. The fourth-order valence-electron chi connectivity index (χ4n) is 3.55. The van der Waals surface area contributed by atoms with Crippen molar-refractivity contribution in [2.24, 2.45) is 5.73 Å². The third kappa shape index (κ3) is 3.61. The average Bonchev–Trinajstić information content (AvgIpc) is 3.26. The van der Waals surface area contributed by atoms with Crippen molar-refractivity contribution in [1.82, 2.24) is 9.88 Å². The summed E-state index contributed by atoms with van der Waals surface area (Å²) in [4.78, 5) is 0. The summed E-state index contributed by atoms with van der Waals surface area (Å²) in [6, 6.07) is 1.14. The molecule has 0 aromatic carbocycles. The van der Waals surface area contributed by atoms with E-state index in [9.17, 15) is 0 Å². The first-order valence-corrected chi connectivity index (χ1v) is 9.14. The third-order valence-corrected chi connectivity index (χ3v) is 5.25. The molecule has 3 nitrogen and oxygen atoms in total. The third-order valence-electron chi connectivity index (χ3n) is 5.25. The van der Waals surface area contributed by atoms with Gasteiger partial charge in [-0.1, -0.05) is 17.7 Å². The normalized spacial score (nSPS) is 24.0. The van der Waals surface area contributed by atoms with E-state index < -0.39 is 0 Å². The highest BCUT2D eigenvalue weighted by atomic mass is 15.0. The second-order valence-corrected chi connectivity index (χ2v) is 7.19. The highest BCUT2D eigenvalue weighted by molar-refractivity contribution is 5.76. The molecule has 23 heavy (non-hydrogen) atoms. The molecule has 3 heteroatoms. The van der Waals surface area contributed by atoms with Crippen LogP contribution in [0.2, 0.25) is 0 Å². The number of aryl methyl sites for hydroxylation is 1. The van der Waals surface area contributed by atoms with Crippen LogP contribution >= 0.6 is 0 Å². The van der Waals surface area contributed by atoms with Crippen molar-refractivity contribution in [2.75, 3.05) is 6.54 Å². The van der Waals surface area contributed by atoms with E-state index in [1.807, 2.05) is 0 Å². The van der Waals surface area contributed by atoms with Crippen LogP contribution in [0.4, 0.5) is 0 Å². The average molecular weight is 313 g/mol. The van der Waals surface area contributed by atoms with E-state index >= 15 is 0 Å². The lowest BCUT2D eigenvalue weighted by Crippen LogP contribution is -2.20. The van der Waals surface area contributed by atoms with Crippen LogP contribution in [0.15, 0.2) is 17.8 Å². The maximum Gasteiger partial charge on any atom is 0.0512 e. The van der Waals surface area contributed by atoms with Crippen molar-refractivity contribution in [3.8, 4) is 0 Å². The predicted octanol–water partition coefficient (Wildman–Crippen LogP) is 4.25. The highest BCUT2D eigenvalue weighted by Gasteiger charge is 2.26. The van der Waals surface area contributed by atoms with Crippen molar-refractivity contribution >= 4 is 11.6 Å². The lowest BCUT2D eigenvalue weighted by molar-refractivity contribution is 0.567. The largest absolute Gasteiger partial charge is 0.347 e. The lowest BCUT2D eigenvalue weighted by Gasteiger charge is -2.16. The van der Waals surface area contributed by atoms with Gasteiger partial charge in [0.15, 0.2) is 0 Å². The molecule has 1 atom stereocenters. The van der Waals surface area contributed by atoms with Gasteiger partial charge in [0.05, 0.1) is 5.69 Å². The van der Waals surface area contributed by atoms with Crippen LogP contribution in [-0.4, -0.2) is 17.2 Å². The second kappa shape index (κ2) is 7.06. The van der Waals surface area contributed by atoms with Crippen molar-refractivity contribution in [3.05, 3.63) is 34.7 Å². The van der Waals surface area contributed by atoms with Crippen molar-refractivity contribution in [2.45, 2.75) is 71.5 Å². The van der Waals surface area contributed by atoms with Crippen LogP contribution in [0.1, 0.15) is 75.7 Å². The van der Waals surface area contributed by atoms with Crippen molar-refractivity contribution < 1.29 is 0 Å². The van der Waals surface area contributed by atoms with E-state index in [0.29, 0.717) is 6.04 Å². The summed E-state index contributed by atoms with van der Waals surface area (Å²) in [7, 11) is 0. The van der Waals surface area contributed by atoms with Gasteiger partial charge in [0.25, 0.3) is 0 Å². The van der Waals surface area contributed by atoms with Crippen LogP contribution in [0.25, 0.3) is 11.6 Å². The quantitative estimate of drug-likeness (QED) is 0.824. The predicted molar refractivity (Wildman–Crippen MR) is 99.2 cm³/mol. The fourth-order valence-corrected chi connectivity index (χ4v) is 3.55. The number of allylic oxidation sites excluding steroid dienone is 3. The molecule has 0 saturated heterocycles. The van der Waals surface area contributed by atoms with E-state index in [1.165, 1.54) is 40.8 Å². The van der Waals surface area contributed by atoms with Gasteiger partial charge < -0.3 is 15.6 Å². The molecule has 1 aromatic heterocycles. The van der Waals surface area contributed by atoms with Crippen molar-refractivity contribution in [3.63, 3.8) is 0 Å². The van der Waals surface area contributed by atoms with Crippen molar-refractivity contribution in [1.29, 1.82) is 0 Å². The zero-order valence-electron chi connectivity index (χ0n) is 14.9. The van der Waals surface area contributed by atoms with Gasteiger partial charge in [-0.25, -0.2) is 0 Å². The van der Waals surface area contributed by atoms with E-state index in [-0.39, 0.29) is 0 Å². The molecule has 1 saturated carbocycles. The van der Waals surface area contributed by atoms with Gasteiger partial charge in [-0.15, -0.1) is 0 Å². The van der Waals surface area contributed by atoms with Gasteiger partial charge in [-0.3, -0.25) is 0 Å². The maximum absolute atomic E-state index is 5.76. The molecular weight excluding hydrogens is 282 g/mol. The molecule has 1 unspecified atom stereocenters. The molecule has 0 radical (unpaired) electrons. The molecule has 0 spiro atoms. The Hall–Kier alpha value is -1.32. The molecule has 126 valence electrons. The first-order valence-electron chi connectivity index (χ1n) is 9.14. The topological polar surface area (TPSA) is 43.0 Å². The summed E-state index contributed by atoms with van der Waals surface area (Å²) in [6.07, 6.45) is 13.0. The number of nitrogens with zero attached hydrogens (tertiary/aromatic N) is 1. The smallest absolute Gasteiger partial charge is 0.0512 e. The van der Waals surface area contributed by atoms with E-state index in [1.54, 1.807) is 0 Å². The zero-order chi connectivity index (χ0) is 16.4. The van der Waals surface area contributed by atoms with Gasteiger partial charge in [-0.05, 0) is 70.6 Å². The molecule has 1 heterocycles. The molecule has 3 rings (SSSR count). The molecule has 0 bridgehead atoms. The summed E-state index contributed by atoms with van der Waals surface area (Å²) < 4.78 is 2.44. The summed E-state index contributed by atoms with van der Waals surface area (Å²) in [6.45, 7) is 8.63. The van der Waals surface area contributed by atoms with Gasteiger partial charge in [0, 0.05) is 30.4 Å². The van der Waals surface area contributed by atoms with Crippen LogP contribution in [0, 0.1) is 0 Å². The SMILES string of the molecule is C/C1=C(/C)c2c(c(C(C)NC3CC3)cn2CCCN)/C=C\CC1. The van der Waals surface area contributed by atoms with E-state index in [2.05, 4.69) is 49.0 Å². The minimum absolute atomic E-state index is 0.410. The van der Waals surface area contributed by atoms with Crippen LogP contribution in [0.3, 0.4) is 0 Å². The molecule has 1 fully saturated rings. The van der Waals surface area contributed by atoms with Gasteiger partial charge >= 0.3 is 0 Å². The Bertz CT molecular complexity index is 617. The van der Waals surface area contributed by atoms with Crippen LogP contribution < -0.4 is 11.1 Å². The number of rotatable bonds is 6. The second-order valence-electron chi connectivity index (χ2n) is 7.19. The van der Waals surface area contributed by atoms with E-state index in [4.69, 9.17) is 5.73 Å². The molecule has 2 aliphatic rings. The number of fused-ring (bicyclic) bond motifs is 1. The molecular formula is C20H31N3. The Morgan fingerprint density at radius 1 is 1.35 bits per heavy atom. The Labute approximate surface area is 140 Å². The zero-order valence-corrected chi connectivity index (χ0v) is 14.9. The van der Waals surface area contributed by atoms with Crippen LogP contribution in [-0.2, 0) is 6.54 Å². The Morgan fingerprint density at radius 3 is 2.83 bits per heavy atom. The first kappa shape index (κ1) is 16.5. The number of hydrogen-bond donors (Lipinski definition) is 2. The summed E-state index contributed by atoms with van der Waals surface area (Å²) in [5.74, 6) is 0. The minimum atomic E-state index is 0.410. The minimum Gasteiger partial charge on any atom is -0.347 e. The molecule has 2 aliphatic carbocycles. The Morgan fingerprint density at radius 2 is 2.13 bits per heavy atom. The summed E-state index contributed by atoms with van der Waals surface area (Å²) >= 11 is 0. The van der Waals surface area contributed by atoms with Crippen LogP contribution in [0.5, 0.6) is 0 Å². The number of hydrogen-bond acceptors (Lipinski definition) is 2.